The summed E-state index contributed by atoms with van der Waals surface area (Å²) in [6, 6.07) is 16.0. The molecule has 3 rings (SSSR count). The summed E-state index contributed by atoms with van der Waals surface area (Å²) < 4.78 is 5.34. The van der Waals surface area contributed by atoms with Crippen LogP contribution in [-0.4, -0.2) is 36.0 Å². The molecule has 1 heterocycles. The monoisotopic (exact) mass is 358 g/mol. The number of benzene rings is 2. The lowest BCUT2D eigenvalue weighted by Crippen LogP contribution is -2.47. The molecule has 1 fully saturated rings. The molecule has 0 saturated carbocycles. The van der Waals surface area contributed by atoms with Gasteiger partial charge in [0.2, 0.25) is 0 Å². The zero-order chi connectivity index (χ0) is 17.6. The third-order valence-electron chi connectivity index (χ3n) is 4.16. The molecule has 0 aromatic heterocycles. The molecule has 130 valence electrons. The molecule has 1 aliphatic heterocycles. The van der Waals surface area contributed by atoms with Crippen LogP contribution in [0.5, 0.6) is 5.75 Å². The van der Waals surface area contributed by atoms with E-state index < -0.39 is 0 Å². The first-order valence-electron chi connectivity index (χ1n) is 8.20. The van der Waals surface area contributed by atoms with Gasteiger partial charge in [0, 0.05) is 19.1 Å². The van der Waals surface area contributed by atoms with Crippen LogP contribution in [0.15, 0.2) is 54.6 Å². The number of carbonyl (C=O) groups is 2. The predicted octanol–water partition coefficient (Wildman–Crippen LogP) is 3.73. The van der Waals surface area contributed by atoms with Crippen LogP contribution >= 0.6 is 11.6 Å². The van der Waals surface area contributed by atoms with Crippen molar-refractivity contribution in [3.05, 3.63) is 65.2 Å². The Balaban J connectivity index is 1.49. The Bertz CT molecular complexity index is 743. The standard InChI is InChI=1S/C19H19ClN2O3/c20-17-9-5-4-8-16(17)18(23)21-14-10-12-22(13-11-14)19(24)25-15-6-2-1-3-7-15/h1-9,14H,10-13H2,(H,21,23). The molecule has 1 saturated heterocycles. The van der Waals surface area contributed by atoms with Crippen molar-refractivity contribution in [1.29, 1.82) is 0 Å². The number of para-hydroxylation sites is 1. The van der Waals surface area contributed by atoms with Crippen molar-refractivity contribution in [3.8, 4) is 5.75 Å². The average Bonchev–Trinajstić information content (AvgIpc) is 2.63. The maximum atomic E-state index is 12.3. The molecule has 0 unspecified atom stereocenters. The van der Waals surface area contributed by atoms with E-state index >= 15 is 0 Å². The fourth-order valence-electron chi connectivity index (χ4n) is 2.77. The lowest BCUT2D eigenvalue weighted by Gasteiger charge is -2.31. The average molecular weight is 359 g/mol. The summed E-state index contributed by atoms with van der Waals surface area (Å²) >= 11 is 6.05. The van der Waals surface area contributed by atoms with Crippen LogP contribution < -0.4 is 10.1 Å². The number of carbonyl (C=O) groups excluding carboxylic acids is 2. The summed E-state index contributed by atoms with van der Waals surface area (Å²) in [5, 5.41) is 3.42. The van der Waals surface area contributed by atoms with E-state index in [0.29, 0.717) is 42.3 Å². The van der Waals surface area contributed by atoms with Crippen LogP contribution in [0, 0.1) is 0 Å². The maximum absolute atomic E-state index is 12.3. The second kappa shape index (κ2) is 8.03. The van der Waals surface area contributed by atoms with Crippen LogP contribution in [0.1, 0.15) is 23.2 Å². The maximum Gasteiger partial charge on any atom is 0.415 e. The van der Waals surface area contributed by atoms with E-state index in [4.69, 9.17) is 16.3 Å². The number of hydrogen-bond donors (Lipinski definition) is 1. The molecule has 0 spiro atoms. The van der Waals surface area contributed by atoms with E-state index in [2.05, 4.69) is 5.32 Å². The van der Waals surface area contributed by atoms with Crippen LogP contribution in [0.4, 0.5) is 4.79 Å². The largest absolute Gasteiger partial charge is 0.415 e. The van der Waals surface area contributed by atoms with E-state index in [1.54, 1.807) is 41.3 Å². The van der Waals surface area contributed by atoms with E-state index in [1.165, 1.54) is 0 Å². The minimum absolute atomic E-state index is 0.0181. The van der Waals surface area contributed by atoms with Gasteiger partial charge in [-0.3, -0.25) is 4.79 Å². The molecule has 25 heavy (non-hydrogen) atoms. The zero-order valence-electron chi connectivity index (χ0n) is 13.7. The highest BCUT2D eigenvalue weighted by molar-refractivity contribution is 6.33. The second-order valence-corrected chi connectivity index (χ2v) is 6.30. The first-order valence-corrected chi connectivity index (χ1v) is 8.58. The first-order chi connectivity index (χ1) is 12.1. The summed E-state index contributed by atoms with van der Waals surface area (Å²) in [7, 11) is 0. The van der Waals surface area contributed by atoms with Gasteiger partial charge in [-0.1, -0.05) is 41.9 Å². The smallest absolute Gasteiger partial charge is 0.410 e. The first kappa shape index (κ1) is 17.3. The van der Waals surface area contributed by atoms with Gasteiger partial charge in [0.15, 0.2) is 0 Å². The summed E-state index contributed by atoms with van der Waals surface area (Å²) in [5.41, 5.74) is 0.468. The predicted molar refractivity (Wildman–Crippen MR) is 96.0 cm³/mol. The fourth-order valence-corrected chi connectivity index (χ4v) is 2.99. The minimum Gasteiger partial charge on any atom is -0.410 e. The second-order valence-electron chi connectivity index (χ2n) is 5.90. The molecule has 0 radical (unpaired) electrons. The Morgan fingerprint density at radius 3 is 2.32 bits per heavy atom. The van der Waals surface area contributed by atoms with Gasteiger partial charge in [0.25, 0.3) is 5.91 Å². The number of hydrogen-bond acceptors (Lipinski definition) is 3. The Labute approximate surface area is 151 Å². The van der Waals surface area contributed by atoms with Crippen LogP contribution in [0.2, 0.25) is 5.02 Å². The molecule has 2 aromatic carbocycles. The van der Waals surface area contributed by atoms with E-state index in [1.807, 2.05) is 18.2 Å². The highest BCUT2D eigenvalue weighted by Gasteiger charge is 2.25. The van der Waals surface area contributed by atoms with Gasteiger partial charge in [-0.15, -0.1) is 0 Å². The molecule has 1 aliphatic rings. The van der Waals surface area contributed by atoms with Crippen LogP contribution in [-0.2, 0) is 0 Å². The molecule has 2 amide bonds. The minimum atomic E-state index is -0.359. The van der Waals surface area contributed by atoms with E-state index in [-0.39, 0.29) is 18.0 Å². The van der Waals surface area contributed by atoms with Gasteiger partial charge in [-0.2, -0.15) is 0 Å². The number of likely N-dealkylation sites (tertiary alicyclic amines) is 1. The van der Waals surface area contributed by atoms with Crippen molar-refractivity contribution in [2.45, 2.75) is 18.9 Å². The van der Waals surface area contributed by atoms with Crippen molar-refractivity contribution in [2.75, 3.05) is 13.1 Å². The van der Waals surface area contributed by atoms with Crippen molar-refractivity contribution in [3.63, 3.8) is 0 Å². The number of rotatable bonds is 3. The Hall–Kier alpha value is -2.53. The van der Waals surface area contributed by atoms with Crippen LogP contribution in [0.3, 0.4) is 0 Å². The Kier molecular flexibility index (Phi) is 5.56. The summed E-state index contributed by atoms with van der Waals surface area (Å²) in [6.07, 6.45) is 1.00. The molecule has 0 bridgehead atoms. The van der Waals surface area contributed by atoms with Gasteiger partial charge in [-0.25, -0.2) is 4.79 Å². The number of halogens is 1. The lowest BCUT2D eigenvalue weighted by molar-refractivity contribution is 0.0910. The van der Waals surface area contributed by atoms with Gasteiger partial charge in [-0.05, 0) is 37.1 Å². The summed E-state index contributed by atoms with van der Waals surface area (Å²) in [4.78, 5) is 26.1. The number of nitrogens with one attached hydrogen (secondary N) is 1. The van der Waals surface area contributed by atoms with Gasteiger partial charge < -0.3 is 15.0 Å². The van der Waals surface area contributed by atoms with Crippen LogP contribution in [0.25, 0.3) is 0 Å². The van der Waals surface area contributed by atoms with E-state index in [0.717, 1.165) is 0 Å². The van der Waals surface area contributed by atoms with E-state index in [9.17, 15) is 9.59 Å². The number of amides is 2. The van der Waals surface area contributed by atoms with Gasteiger partial charge >= 0.3 is 6.09 Å². The van der Waals surface area contributed by atoms with Crippen molar-refractivity contribution in [1.82, 2.24) is 10.2 Å². The van der Waals surface area contributed by atoms with Gasteiger partial charge in [0.1, 0.15) is 5.75 Å². The SMILES string of the molecule is O=C(NC1CCN(C(=O)Oc2ccccc2)CC1)c1ccccc1Cl. The summed E-state index contributed by atoms with van der Waals surface area (Å²) in [5.74, 6) is 0.345. The molecular weight excluding hydrogens is 340 g/mol. The Morgan fingerprint density at radius 2 is 1.64 bits per heavy atom. The third-order valence-corrected chi connectivity index (χ3v) is 4.48. The quantitative estimate of drug-likeness (QED) is 0.909. The third kappa shape index (κ3) is 4.51. The molecule has 0 atom stereocenters. The zero-order valence-corrected chi connectivity index (χ0v) is 14.4. The lowest BCUT2D eigenvalue weighted by atomic mass is 10.0. The molecular formula is C19H19ClN2O3. The van der Waals surface area contributed by atoms with Crippen molar-refractivity contribution in [2.24, 2.45) is 0 Å². The fraction of sp³-hybridized carbons (Fsp3) is 0.263. The number of nitrogens with zero attached hydrogens (tertiary/aromatic N) is 1. The van der Waals surface area contributed by atoms with Gasteiger partial charge in [0.05, 0.1) is 10.6 Å². The number of ether oxygens (including phenoxy) is 1. The van der Waals surface area contributed by atoms with Crippen molar-refractivity contribution < 1.29 is 14.3 Å². The molecule has 2 aromatic rings. The van der Waals surface area contributed by atoms with Crippen molar-refractivity contribution >= 4 is 23.6 Å². The molecule has 5 nitrogen and oxygen atoms in total. The highest BCUT2D eigenvalue weighted by Crippen LogP contribution is 2.18. The number of piperidine rings is 1. The summed E-state index contributed by atoms with van der Waals surface area (Å²) in [6.45, 7) is 1.08. The molecule has 6 heteroatoms. The molecule has 0 aliphatic carbocycles. The highest BCUT2D eigenvalue weighted by atomic mass is 35.5. The normalized spacial score (nSPS) is 14.8. The topological polar surface area (TPSA) is 58.6 Å². The molecule has 1 N–H and O–H groups in total. The Morgan fingerprint density at radius 1 is 1.00 bits per heavy atom.